The molecule has 0 bridgehead atoms. The highest BCUT2D eigenvalue weighted by Gasteiger charge is 2.21. The summed E-state index contributed by atoms with van der Waals surface area (Å²) in [5.74, 6) is 1.04. The average molecular weight is 255 g/mol. The third-order valence-corrected chi connectivity index (χ3v) is 4.16. The number of hydrogen-bond acceptors (Lipinski definition) is 4. The van der Waals surface area contributed by atoms with E-state index < -0.39 is 0 Å². The molecule has 0 amide bonds. The van der Waals surface area contributed by atoms with Gasteiger partial charge in [-0.25, -0.2) is 4.98 Å². The van der Waals surface area contributed by atoms with E-state index in [4.69, 9.17) is 4.74 Å². The normalized spacial score (nSPS) is 21.9. The minimum Gasteiger partial charge on any atom is -0.377 e. The molecule has 2 rings (SSSR count). The fourth-order valence-corrected chi connectivity index (χ4v) is 2.85. The van der Waals surface area contributed by atoms with Gasteiger partial charge in [0.1, 0.15) is 0 Å². The van der Waals surface area contributed by atoms with Gasteiger partial charge in [-0.2, -0.15) is 0 Å². The van der Waals surface area contributed by atoms with Crippen LogP contribution < -0.4 is 5.32 Å². The van der Waals surface area contributed by atoms with Gasteiger partial charge in [0, 0.05) is 44.4 Å². The molecule has 1 fully saturated rings. The molecule has 96 valence electrons. The van der Waals surface area contributed by atoms with E-state index in [1.165, 1.54) is 12.8 Å². The Morgan fingerprint density at radius 2 is 2.59 bits per heavy atom. The molecule has 1 N–H and O–H groups in total. The second kappa shape index (κ2) is 6.42. The lowest BCUT2D eigenvalue weighted by molar-refractivity contribution is 0.0844. The van der Waals surface area contributed by atoms with Crippen LogP contribution in [0.25, 0.3) is 0 Å². The number of rotatable bonds is 6. The number of ether oxygens (including phenoxy) is 1. The summed E-state index contributed by atoms with van der Waals surface area (Å²) in [5, 5.41) is 4.60. The third-order valence-electron chi connectivity index (χ3n) is 3.10. The predicted octanol–water partition coefficient (Wildman–Crippen LogP) is 1.67. The van der Waals surface area contributed by atoms with Gasteiger partial charge in [-0.15, -0.1) is 0 Å². The van der Waals surface area contributed by atoms with E-state index in [1.807, 2.05) is 24.0 Å². The van der Waals surface area contributed by atoms with Crippen LogP contribution in [0.2, 0.25) is 0 Å². The standard InChI is InChI=1S/C12H21N3OS/c1-10(11-4-3-8-16-11)13-6-9-17-12-14-5-7-15(12)2/h5,7,10-11,13H,3-4,6,8-9H2,1-2H3. The van der Waals surface area contributed by atoms with Gasteiger partial charge >= 0.3 is 0 Å². The minimum atomic E-state index is 0.410. The van der Waals surface area contributed by atoms with E-state index in [0.29, 0.717) is 12.1 Å². The van der Waals surface area contributed by atoms with Crippen LogP contribution in [0.4, 0.5) is 0 Å². The van der Waals surface area contributed by atoms with Crippen molar-refractivity contribution in [2.75, 3.05) is 18.9 Å². The Kier molecular flexibility index (Phi) is 4.88. The molecule has 1 aliphatic heterocycles. The highest BCUT2D eigenvalue weighted by atomic mass is 32.2. The fourth-order valence-electron chi connectivity index (χ4n) is 2.05. The Labute approximate surface area is 107 Å². The summed E-state index contributed by atoms with van der Waals surface area (Å²) >= 11 is 1.79. The highest BCUT2D eigenvalue weighted by Crippen LogP contribution is 2.16. The molecule has 1 aliphatic rings. The van der Waals surface area contributed by atoms with Gasteiger partial charge < -0.3 is 14.6 Å². The lowest BCUT2D eigenvalue weighted by atomic mass is 10.1. The number of nitrogens with one attached hydrogen (secondary N) is 1. The van der Waals surface area contributed by atoms with Crippen LogP contribution in [0, 0.1) is 0 Å². The van der Waals surface area contributed by atoms with Gasteiger partial charge in [-0.3, -0.25) is 0 Å². The Hall–Kier alpha value is -0.520. The van der Waals surface area contributed by atoms with Crippen molar-refractivity contribution in [3.63, 3.8) is 0 Å². The molecule has 0 aliphatic carbocycles. The molecule has 1 aromatic rings. The van der Waals surface area contributed by atoms with Crippen molar-refractivity contribution in [1.82, 2.24) is 14.9 Å². The van der Waals surface area contributed by atoms with Crippen LogP contribution in [0.1, 0.15) is 19.8 Å². The zero-order valence-corrected chi connectivity index (χ0v) is 11.4. The molecule has 5 heteroatoms. The monoisotopic (exact) mass is 255 g/mol. The van der Waals surface area contributed by atoms with Crippen molar-refractivity contribution in [3.05, 3.63) is 12.4 Å². The molecule has 2 heterocycles. The van der Waals surface area contributed by atoms with Crippen LogP contribution >= 0.6 is 11.8 Å². The minimum absolute atomic E-state index is 0.410. The van der Waals surface area contributed by atoms with Crippen LogP contribution in [0.5, 0.6) is 0 Å². The van der Waals surface area contributed by atoms with Crippen molar-refractivity contribution < 1.29 is 4.74 Å². The van der Waals surface area contributed by atoms with E-state index >= 15 is 0 Å². The molecule has 0 saturated carbocycles. The molecule has 1 aromatic heterocycles. The van der Waals surface area contributed by atoms with Gasteiger partial charge in [-0.05, 0) is 19.8 Å². The fraction of sp³-hybridized carbons (Fsp3) is 0.750. The zero-order valence-electron chi connectivity index (χ0n) is 10.6. The Morgan fingerprint density at radius 1 is 1.71 bits per heavy atom. The van der Waals surface area contributed by atoms with E-state index in [0.717, 1.165) is 24.1 Å². The first-order valence-electron chi connectivity index (χ1n) is 6.22. The first kappa shape index (κ1) is 12.9. The van der Waals surface area contributed by atoms with Gasteiger partial charge in [0.05, 0.1) is 6.10 Å². The second-order valence-electron chi connectivity index (χ2n) is 4.46. The maximum Gasteiger partial charge on any atom is 0.167 e. The summed E-state index contributed by atoms with van der Waals surface area (Å²) in [7, 11) is 2.03. The van der Waals surface area contributed by atoms with E-state index in [9.17, 15) is 0 Å². The number of aryl methyl sites for hydroxylation is 1. The molecule has 4 nitrogen and oxygen atoms in total. The number of aromatic nitrogens is 2. The highest BCUT2D eigenvalue weighted by molar-refractivity contribution is 7.99. The molecule has 0 aromatic carbocycles. The lowest BCUT2D eigenvalue weighted by Crippen LogP contribution is -2.38. The summed E-state index contributed by atoms with van der Waals surface area (Å²) < 4.78 is 7.70. The summed E-state index contributed by atoms with van der Waals surface area (Å²) in [4.78, 5) is 4.28. The van der Waals surface area contributed by atoms with Crippen molar-refractivity contribution in [3.8, 4) is 0 Å². The molecule has 0 spiro atoms. The van der Waals surface area contributed by atoms with E-state index in [-0.39, 0.29) is 0 Å². The van der Waals surface area contributed by atoms with Gasteiger partial charge in [0.2, 0.25) is 0 Å². The molecule has 1 saturated heterocycles. The molecule has 17 heavy (non-hydrogen) atoms. The van der Waals surface area contributed by atoms with Gasteiger partial charge in [-0.1, -0.05) is 11.8 Å². The predicted molar refractivity (Wildman–Crippen MR) is 70.4 cm³/mol. The van der Waals surface area contributed by atoms with Crippen LogP contribution in [0.3, 0.4) is 0 Å². The maximum atomic E-state index is 5.65. The van der Waals surface area contributed by atoms with Gasteiger partial charge in [0.25, 0.3) is 0 Å². The Morgan fingerprint density at radius 3 is 3.24 bits per heavy atom. The molecular weight excluding hydrogens is 234 g/mol. The summed E-state index contributed by atoms with van der Waals surface area (Å²) in [6.07, 6.45) is 6.63. The van der Waals surface area contributed by atoms with Crippen LogP contribution in [-0.4, -0.2) is 40.6 Å². The average Bonchev–Trinajstić information content (AvgIpc) is 2.96. The topological polar surface area (TPSA) is 39.1 Å². The molecule has 2 atom stereocenters. The molecule has 0 radical (unpaired) electrons. The van der Waals surface area contributed by atoms with Crippen molar-refractivity contribution in [1.29, 1.82) is 0 Å². The number of thioether (sulfide) groups is 1. The molecule has 2 unspecified atom stereocenters. The van der Waals surface area contributed by atoms with Crippen LogP contribution in [-0.2, 0) is 11.8 Å². The van der Waals surface area contributed by atoms with Crippen LogP contribution in [0.15, 0.2) is 17.6 Å². The van der Waals surface area contributed by atoms with Crippen molar-refractivity contribution >= 4 is 11.8 Å². The SMILES string of the molecule is CC(NCCSc1nccn1C)C1CCCO1. The first-order chi connectivity index (χ1) is 8.27. The van der Waals surface area contributed by atoms with Gasteiger partial charge in [0.15, 0.2) is 5.16 Å². The van der Waals surface area contributed by atoms with E-state index in [1.54, 1.807) is 11.8 Å². The third kappa shape index (κ3) is 3.72. The van der Waals surface area contributed by atoms with E-state index in [2.05, 4.69) is 17.2 Å². The largest absolute Gasteiger partial charge is 0.377 e. The quantitative estimate of drug-likeness (QED) is 0.620. The Balaban J connectivity index is 1.61. The van der Waals surface area contributed by atoms with Crippen molar-refractivity contribution in [2.45, 2.75) is 37.1 Å². The second-order valence-corrected chi connectivity index (χ2v) is 5.53. The van der Waals surface area contributed by atoms with Crippen molar-refractivity contribution in [2.24, 2.45) is 7.05 Å². The zero-order chi connectivity index (χ0) is 12.1. The summed E-state index contributed by atoms with van der Waals surface area (Å²) in [6.45, 7) is 4.14. The summed E-state index contributed by atoms with van der Waals surface area (Å²) in [5.41, 5.74) is 0. The smallest absolute Gasteiger partial charge is 0.167 e. The number of nitrogens with zero attached hydrogens (tertiary/aromatic N) is 2. The Bertz CT molecular complexity index is 336. The first-order valence-corrected chi connectivity index (χ1v) is 7.21. The number of hydrogen-bond donors (Lipinski definition) is 1. The maximum absolute atomic E-state index is 5.65. The molecular formula is C12H21N3OS. The number of imidazole rings is 1. The lowest BCUT2D eigenvalue weighted by Gasteiger charge is -2.19. The summed E-state index contributed by atoms with van der Waals surface area (Å²) in [6, 6.07) is 0.458.